The van der Waals surface area contributed by atoms with E-state index in [9.17, 15) is 0 Å². The largest absolute Gasteiger partial charge is 0.354 e. The molecular weight excluding hydrogens is 168 g/mol. The first-order chi connectivity index (χ1) is 6.40. The van der Waals surface area contributed by atoms with E-state index in [2.05, 4.69) is 15.1 Å². The average molecular weight is 176 g/mol. The lowest BCUT2D eigenvalue weighted by Crippen LogP contribution is -1.94. The van der Waals surface area contributed by atoms with E-state index in [0.29, 0.717) is 23.7 Å². The predicted octanol–water partition coefficient (Wildman–Crippen LogP) is 0.590. The monoisotopic (exact) mass is 176 g/mol. The maximum absolute atomic E-state index is 5.39. The molecule has 0 unspecified atom stereocenters. The van der Waals surface area contributed by atoms with Gasteiger partial charge in [0.25, 0.3) is 0 Å². The lowest BCUT2D eigenvalue weighted by Gasteiger charge is -1.89. The van der Waals surface area contributed by atoms with E-state index in [4.69, 9.17) is 10.3 Å². The van der Waals surface area contributed by atoms with Crippen LogP contribution in [0.1, 0.15) is 5.69 Å². The Hall–Kier alpha value is -1.75. The lowest BCUT2D eigenvalue weighted by molar-refractivity contribution is 0.422. The average Bonchev–Trinajstić information content (AvgIpc) is 2.67. The smallest absolute Gasteiger partial charge is 0.185 e. The Morgan fingerprint density at radius 3 is 3.00 bits per heavy atom. The minimum absolute atomic E-state index is 0.370. The second kappa shape index (κ2) is 3.32. The van der Waals surface area contributed by atoms with Gasteiger partial charge >= 0.3 is 0 Å². The zero-order valence-corrected chi connectivity index (χ0v) is 6.84. The van der Waals surface area contributed by atoms with Crippen molar-refractivity contribution in [3.05, 3.63) is 30.4 Å². The van der Waals surface area contributed by atoms with Gasteiger partial charge in [0.05, 0.1) is 5.69 Å². The zero-order chi connectivity index (χ0) is 9.10. The summed E-state index contributed by atoms with van der Waals surface area (Å²) >= 11 is 0. The molecule has 13 heavy (non-hydrogen) atoms. The molecule has 0 fully saturated rings. The second-order valence-electron chi connectivity index (χ2n) is 2.48. The van der Waals surface area contributed by atoms with Crippen LogP contribution in [0, 0.1) is 0 Å². The van der Waals surface area contributed by atoms with Crippen LogP contribution in [0.5, 0.6) is 0 Å². The van der Waals surface area contributed by atoms with E-state index in [0.717, 1.165) is 0 Å². The van der Waals surface area contributed by atoms with Crippen molar-refractivity contribution < 1.29 is 4.52 Å². The van der Waals surface area contributed by atoms with Crippen LogP contribution in [0.25, 0.3) is 11.5 Å². The number of aromatic nitrogens is 3. The summed E-state index contributed by atoms with van der Waals surface area (Å²) in [4.78, 5) is 7.81. The van der Waals surface area contributed by atoms with E-state index in [-0.39, 0.29) is 0 Å². The van der Waals surface area contributed by atoms with Gasteiger partial charge in [-0.25, -0.2) is 9.97 Å². The number of hydrogen-bond acceptors (Lipinski definition) is 5. The first kappa shape index (κ1) is 7.88. The predicted molar refractivity (Wildman–Crippen MR) is 45.4 cm³/mol. The Morgan fingerprint density at radius 2 is 2.38 bits per heavy atom. The standard InChI is InChI=1S/C8H8N4O/c9-4-6-3-8(13-12-6)7-1-2-10-5-11-7/h1-3,5H,4,9H2. The Bertz CT molecular complexity index is 384. The highest BCUT2D eigenvalue weighted by Gasteiger charge is 2.05. The summed E-state index contributed by atoms with van der Waals surface area (Å²) in [5.41, 5.74) is 6.81. The van der Waals surface area contributed by atoms with Crippen molar-refractivity contribution in [1.82, 2.24) is 15.1 Å². The summed E-state index contributed by atoms with van der Waals surface area (Å²) in [6, 6.07) is 3.52. The fraction of sp³-hybridized carbons (Fsp3) is 0.125. The van der Waals surface area contributed by atoms with Crippen LogP contribution in [0.15, 0.2) is 29.2 Å². The Kier molecular flexibility index (Phi) is 2.01. The molecule has 2 rings (SSSR count). The number of rotatable bonds is 2. The van der Waals surface area contributed by atoms with Crippen LogP contribution >= 0.6 is 0 Å². The minimum atomic E-state index is 0.370. The van der Waals surface area contributed by atoms with E-state index < -0.39 is 0 Å². The van der Waals surface area contributed by atoms with Crippen LogP contribution in [0.4, 0.5) is 0 Å². The fourth-order valence-corrected chi connectivity index (χ4v) is 0.965. The van der Waals surface area contributed by atoms with Crippen LogP contribution in [0.3, 0.4) is 0 Å². The normalized spacial score (nSPS) is 10.2. The van der Waals surface area contributed by atoms with Gasteiger partial charge < -0.3 is 10.3 Å². The molecular formula is C8H8N4O. The van der Waals surface area contributed by atoms with Gasteiger partial charge in [0.2, 0.25) is 0 Å². The molecule has 2 aromatic rings. The molecule has 0 saturated carbocycles. The maximum atomic E-state index is 5.39. The molecule has 0 spiro atoms. The molecule has 0 atom stereocenters. The second-order valence-corrected chi connectivity index (χ2v) is 2.48. The van der Waals surface area contributed by atoms with Crippen LogP contribution < -0.4 is 5.73 Å². The summed E-state index contributed by atoms with van der Waals surface area (Å²) in [6.45, 7) is 0.370. The summed E-state index contributed by atoms with van der Waals surface area (Å²) in [7, 11) is 0. The molecule has 0 aromatic carbocycles. The van der Waals surface area contributed by atoms with Gasteiger partial charge in [-0.05, 0) is 6.07 Å². The first-order valence-electron chi connectivity index (χ1n) is 3.82. The summed E-state index contributed by atoms with van der Waals surface area (Å²) in [5, 5.41) is 3.75. The van der Waals surface area contributed by atoms with Crippen molar-refractivity contribution in [2.45, 2.75) is 6.54 Å². The number of hydrogen-bond donors (Lipinski definition) is 1. The van der Waals surface area contributed by atoms with Gasteiger partial charge in [-0.2, -0.15) is 0 Å². The molecule has 2 N–H and O–H groups in total. The molecule has 5 heteroatoms. The maximum Gasteiger partial charge on any atom is 0.185 e. The van der Waals surface area contributed by atoms with Gasteiger partial charge in [-0.3, -0.25) is 0 Å². The topological polar surface area (TPSA) is 77.8 Å². The molecule has 0 amide bonds. The molecule has 0 aliphatic heterocycles. The lowest BCUT2D eigenvalue weighted by atomic mass is 10.3. The van der Waals surface area contributed by atoms with E-state index in [1.807, 2.05) is 0 Å². The van der Waals surface area contributed by atoms with Crippen molar-refractivity contribution in [3.8, 4) is 11.5 Å². The van der Waals surface area contributed by atoms with Crippen LogP contribution in [-0.2, 0) is 6.54 Å². The SMILES string of the molecule is NCc1cc(-c2ccncn2)on1. The highest BCUT2D eigenvalue weighted by molar-refractivity contribution is 5.50. The third kappa shape index (κ3) is 1.54. The van der Waals surface area contributed by atoms with Gasteiger partial charge in [0.1, 0.15) is 12.0 Å². The van der Waals surface area contributed by atoms with Crippen LogP contribution in [-0.4, -0.2) is 15.1 Å². The third-order valence-electron chi connectivity index (χ3n) is 1.60. The van der Waals surface area contributed by atoms with E-state index >= 15 is 0 Å². The van der Waals surface area contributed by atoms with Crippen molar-refractivity contribution >= 4 is 0 Å². The Balaban J connectivity index is 2.36. The van der Waals surface area contributed by atoms with Crippen molar-refractivity contribution in [2.75, 3.05) is 0 Å². The molecule has 0 saturated heterocycles. The fourth-order valence-electron chi connectivity index (χ4n) is 0.965. The van der Waals surface area contributed by atoms with Gasteiger partial charge in [-0.15, -0.1) is 0 Å². The Labute approximate surface area is 74.6 Å². The molecule has 0 bridgehead atoms. The summed E-state index contributed by atoms with van der Waals surface area (Å²) in [5.74, 6) is 0.614. The molecule has 2 aromatic heterocycles. The quantitative estimate of drug-likeness (QED) is 0.724. The van der Waals surface area contributed by atoms with Gasteiger partial charge in [-0.1, -0.05) is 5.16 Å². The third-order valence-corrected chi connectivity index (χ3v) is 1.60. The van der Waals surface area contributed by atoms with Crippen LogP contribution in [0.2, 0.25) is 0 Å². The zero-order valence-electron chi connectivity index (χ0n) is 6.84. The molecule has 66 valence electrons. The van der Waals surface area contributed by atoms with Crippen molar-refractivity contribution in [1.29, 1.82) is 0 Å². The first-order valence-corrected chi connectivity index (χ1v) is 3.82. The number of nitrogens with two attached hydrogens (primary N) is 1. The molecule has 0 radical (unpaired) electrons. The van der Waals surface area contributed by atoms with E-state index in [1.54, 1.807) is 18.3 Å². The van der Waals surface area contributed by atoms with Crippen molar-refractivity contribution in [3.63, 3.8) is 0 Å². The number of nitrogens with zero attached hydrogens (tertiary/aromatic N) is 3. The Morgan fingerprint density at radius 1 is 1.46 bits per heavy atom. The van der Waals surface area contributed by atoms with Crippen molar-refractivity contribution in [2.24, 2.45) is 5.73 Å². The van der Waals surface area contributed by atoms with Gasteiger partial charge in [0.15, 0.2) is 5.76 Å². The minimum Gasteiger partial charge on any atom is -0.354 e. The highest BCUT2D eigenvalue weighted by Crippen LogP contribution is 2.16. The van der Waals surface area contributed by atoms with Gasteiger partial charge in [0, 0.05) is 18.8 Å². The molecule has 5 nitrogen and oxygen atoms in total. The highest BCUT2D eigenvalue weighted by atomic mass is 16.5. The molecule has 0 aliphatic rings. The molecule has 0 aliphatic carbocycles. The molecule has 2 heterocycles. The summed E-state index contributed by atoms with van der Waals surface area (Å²) in [6.07, 6.45) is 3.10. The van der Waals surface area contributed by atoms with E-state index in [1.165, 1.54) is 6.33 Å². The summed E-state index contributed by atoms with van der Waals surface area (Å²) < 4.78 is 5.02.